The van der Waals surface area contributed by atoms with Gasteiger partial charge in [0.05, 0.1) is 25.1 Å². The molecule has 6 nitrogen and oxygen atoms in total. The molecule has 0 bridgehead atoms. The molecule has 2 rings (SSSR count). The molecule has 0 saturated carbocycles. The minimum atomic E-state index is -0.356. The Morgan fingerprint density at radius 3 is 2.43 bits per heavy atom. The maximum absolute atomic E-state index is 12.8. The van der Waals surface area contributed by atoms with Crippen molar-refractivity contribution >= 4 is 17.8 Å². The average molecular weight is 418 g/mol. The van der Waals surface area contributed by atoms with Gasteiger partial charge in [-0.2, -0.15) is 4.58 Å². The fourth-order valence-electron chi connectivity index (χ4n) is 4.12. The number of esters is 1. The summed E-state index contributed by atoms with van der Waals surface area (Å²) < 4.78 is 13.0. The number of methoxy groups -OCH3 is 1. The number of rotatable bonds is 10. The van der Waals surface area contributed by atoms with Gasteiger partial charge in [-0.25, -0.2) is 4.79 Å². The van der Waals surface area contributed by atoms with Crippen molar-refractivity contribution in [3.8, 4) is 0 Å². The van der Waals surface area contributed by atoms with E-state index in [2.05, 4.69) is 25.3 Å². The molecule has 6 heteroatoms. The van der Waals surface area contributed by atoms with E-state index in [1.165, 1.54) is 7.11 Å². The quantitative estimate of drug-likeness (QED) is 0.423. The molecular weight excluding hydrogens is 380 g/mol. The molecule has 166 valence electrons. The van der Waals surface area contributed by atoms with Gasteiger partial charge in [0.2, 0.25) is 5.91 Å². The Morgan fingerprint density at radius 1 is 1.23 bits per heavy atom. The number of nitrogens with zero attached hydrogens (tertiary/aromatic N) is 2. The molecule has 1 amide bonds. The predicted molar refractivity (Wildman–Crippen MR) is 118 cm³/mol. The van der Waals surface area contributed by atoms with E-state index in [9.17, 15) is 9.59 Å². The second kappa shape index (κ2) is 10.6. The summed E-state index contributed by atoms with van der Waals surface area (Å²) in [4.78, 5) is 26.5. The van der Waals surface area contributed by atoms with Crippen LogP contribution in [-0.4, -0.2) is 59.6 Å². The van der Waals surface area contributed by atoms with Crippen molar-refractivity contribution in [2.24, 2.45) is 0 Å². The Kier molecular flexibility index (Phi) is 8.44. The molecule has 1 aromatic rings. The molecule has 30 heavy (non-hydrogen) atoms. The Hall–Kier alpha value is -2.37. The minimum absolute atomic E-state index is 0.0530. The zero-order valence-electron chi connectivity index (χ0n) is 19.4. The van der Waals surface area contributed by atoms with Crippen LogP contribution < -0.4 is 0 Å². The van der Waals surface area contributed by atoms with Crippen LogP contribution in [0.15, 0.2) is 24.3 Å². The summed E-state index contributed by atoms with van der Waals surface area (Å²) in [6, 6.07) is 7.25. The molecule has 1 heterocycles. The van der Waals surface area contributed by atoms with Gasteiger partial charge in [-0.05, 0) is 24.6 Å². The maximum atomic E-state index is 12.8. The minimum Gasteiger partial charge on any atom is -0.465 e. The molecular formula is C24H37N2O4+. The van der Waals surface area contributed by atoms with E-state index in [1.54, 1.807) is 12.1 Å². The van der Waals surface area contributed by atoms with Crippen LogP contribution in [0.3, 0.4) is 0 Å². The standard InChI is InChI=1S/C24H37N2O4/c1-7-21(27)25(18(4)19-10-12-20(13-11-19)23(28)29-6)15-14-24(5,9-3)26-16-17-30-22(26)8-2/h10-13,18H,7-9,14-17H2,1-6H3/q+1/t18?,24-/m1/s1. The first-order chi connectivity index (χ1) is 14.3. The lowest BCUT2D eigenvalue weighted by Crippen LogP contribution is -2.45. The van der Waals surface area contributed by atoms with Crippen molar-refractivity contribution in [3.05, 3.63) is 35.4 Å². The second-order valence-corrected chi connectivity index (χ2v) is 8.08. The first-order valence-corrected chi connectivity index (χ1v) is 11.0. The van der Waals surface area contributed by atoms with Crippen LogP contribution >= 0.6 is 0 Å². The zero-order valence-corrected chi connectivity index (χ0v) is 19.4. The van der Waals surface area contributed by atoms with E-state index in [-0.39, 0.29) is 23.5 Å². The van der Waals surface area contributed by atoms with Crippen LogP contribution in [0.25, 0.3) is 0 Å². The molecule has 0 aliphatic carbocycles. The van der Waals surface area contributed by atoms with Crippen molar-refractivity contribution in [1.29, 1.82) is 0 Å². The Balaban J connectivity index is 2.21. The van der Waals surface area contributed by atoms with Crippen molar-refractivity contribution < 1.29 is 23.6 Å². The average Bonchev–Trinajstić information content (AvgIpc) is 3.27. The molecule has 0 spiro atoms. The molecule has 0 saturated heterocycles. The molecule has 1 aliphatic rings. The maximum Gasteiger partial charge on any atom is 0.337 e. The number of amides is 1. The fraction of sp³-hybridized carbons (Fsp3) is 0.625. The number of hydrogen-bond acceptors (Lipinski definition) is 4. The van der Waals surface area contributed by atoms with Gasteiger partial charge in [-0.3, -0.25) is 4.79 Å². The fourth-order valence-corrected chi connectivity index (χ4v) is 4.12. The Morgan fingerprint density at radius 2 is 1.90 bits per heavy atom. The van der Waals surface area contributed by atoms with Crippen molar-refractivity contribution in [3.63, 3.8) is 0 Å². The normalized spacial score (nSPS) is 16.6. The topological polar surface area (TPSA) is 58.8 Å². The van der Waals surface area contributed by atoms with Gasteiger partial charge in [0.25, 0.3) is 0 Å². The molecule has 0 aromatic heterocycles. The van der Waals surface area contributed by atoms with Gasteiger partial charge in [-0.1, -0.05) is 32.9 Å². The van der Waals surface area contributed by atoms with Gasteiger partial charge in [0.1, 0.15) is 0 Å². The van der Waals surface area contributed by atoms with E-state index in [4.69, 9.17) is 9.47 Å². The smallest absolute Gasteiger partial charge is 0.337 e. The van der Waals surface area contributed by atoms with Crippen LogP contribution in [0.1, 0.15) is 82.3 Å². The van der Waals surface area contributed by atoms with E-state index < -0.39 is 0 Å². The Bertz CT molecular complexity index is 772. The molecule has 0 N–H and O–H groups in total. The molecule has 0 fully saturated rings. The zero-order chi connectivity index (χ0) is 22.3. The van der Waals surface area contributed by atoms with Crippen LogP contribution in [0, 0.1) is 0 Å². The molecule has 1 aromatic carbocycles. The van der Waals surface area contributed by atoms with Gasteiger partial charge in [-0.15, -0.1) is 0 Å². The summed E-state index contributed by atoms with van der Waals surface area (Å²) in [6.07, 6.45) is 3.20. The number of benzene rings is 1. The summed E-state index contributed by atoms with van der Waals surface area (Å²) in [5.41, 5.74) is 1.47. The SMILES string of the molecule is CCC(=O)N(CC[C@@](C)(CC)[N+]1=C(CC)OCC1)C(C)c1ccc(C(=O)OC)cc1. The highest BCUT2D eigenvalue weighted by molar-refractivity contribution is 5.89. The number of carbonyl (C=O) groups excluding carboxylic acids is 2. The van der Waals surface area contributed by atoms with Crippen molar-refractivity contribution in [2.75, 3.05) is 26.8 Å². The summed E-state index contributed by atoms with van der Waals surface area (Å²) in [6.45, 7) is 12.8. The first-order valence-electron chi connectivity index (χ1n) is 11.0. The summed E-state index contributed by atoms with van der Waals surface area (Å²) >= 11 is 0. The van der Waals surface area contributed by atoms with Gasteiger partial charge in [0, 0.05) is 32.7 Å². The second-order valence-electron chi connectivity index (χ2n) is 8.08. The van der Waals surface area contributed by atoms with Crippen molar-refractivity contribution in [2.45, 2.75) is 71.9 Å². The molecule has 1 aliphatic heterocycles. The van der Waals surface area contributed by atoms with E-state index in [0.717, 1.165) is 43.9 Å². The van der Waals surface area contributed by atoms with Gasteiger partial charge < -0.3 is 14.4 Å². The van der Waals surface area contributed by atoms with Crippen LogP contribution in [-0.2, 0) is 14.3 Å². The highest BCUT2D eigenvalue weighted by Gasteiger charge is 2.40. The number of ether oxygens (including phenoxy) is 2. The predicted octanol–water partition coefficient (Wildman–Crippen LogP) is 4.18. The number of hydrogen-bond donors (Lipinski definition) is 0. The van der Waals surface area contributed by atoms with Crippen LogP contribution in [0.4, 0.5) is 0 Å². The number of carbonyl (C=O) groups is 2. The van der Waals surface area contributed by atoms with Crippen LogP contribution in [0.5, 0.6) is 0 Å². The van der Waals surface area contributed by atoms with E-state index in [1.807, 2.05) is 30.9 Å². The third-order valence-corrected chi connectivity index (χ3v) is 6.40. The van der Waals surface area contributed by atoms with Gasteiger partial charge >= 0.3 is 11.9 Å². The lowest BCUT2D eigenvalue weighted by molar-refractivity contribution is -0.600. The largest absolute Gasteiger partial charge is 0.465 e. The highest BCUT2D eigenvalue weighted by Crippen LogP contribution is 2.27. The van der Waals surface area contributed by atoms with E-state index >= 15 is 0 Å². The lowest BCUT2D eigenvalue weighted by Gasteiger charge is -2.33. The lowest BCUT2D eigenvalue weighted by atomic mass is 9.92. The van der Waals surface area contributed by atoms with Gasteiger partial charge in [0.15, 0.2) is 18.7 Å². The summed E-state index contributed by atoms with van der Waals surface area (Å²) in [5.74, 6) is 0.833. The third kappa shape index (κ3) is 5.21. The first kappa shape index (κ1) is 23.9. The van der Waals surface area contributed by atoms with Crippen LogP contribution in [0.2, 0.25) is 0 Å². The monoisotopic (exact) mass is 417 g/mol. The van der Waals surface area contributed by atoms with E-state index in [0.29, 0.717) is 18.5 Å². The highest BCUT2D eigenvalue weighted by atomic mass is 16.5. The third-order valence-electron chi connectivity index (χ3n) is 6.40. The summed E-state index contributed by atoms with van der Waals surface area (Å²) in [7, 11) is 1.37. The molecule has 0 radical (unpaired) electrons. The summed E-state index contributed by atoms with van der Waals surface area (Å²) in [5, 5.41) is 0. The Labute approximate surface area is 180 Å². The van der Waals surface area contributed by atoms with Crippen molar-refractivity contribution in [1.82, 2.24) is 4.90 Å². The molecule has 2 atom stereocenters. The molecule has 1 unspecified atom stereocenters.